The van der Waals surface area contributed by atoms with Gasteiger partial charge in [-0.25, -0.2) is 0 Å². The van der Waals surface area contributed by atoms with Crippen LogP contribution >= 0.6 is 0 Å². The molecule has 0 atom stereocenters. The fourth-order valence-corrected chi connectivity index (χ4v) is 1.79. The maximum Gasteiger partial charge on any atom is 0.141 e. The minimum Gasteiger partial charge on any atom is -0.485 e. The van der Waals surface area contributed by atoms with Crippen LogP contribution in [0.25, 0.3) is 0 Å². The molecule has 0 amide bonds. The van der Waals surface area contributed by atoms with Gasteiger partial charge in [0.05, 0.1) is 17.1 Å². The number of hydrogen-bond acceptors (Lipinski definition) is 4. The van der Waals surface area contributed by atoms with Gasteiger partial charge in [-0.2, -0.15) is 0 Å². The van der Waals surface area contributed by atoms with Gasteiger partial charge in [-0.3, -0.25) is 9.97 Å². The van der Waals surface area contributed by atoms with Crippen molar-refractivity contribution in [3.05, 3.63) is 53.6 Å². The summed E-state index contributed by atoms with van der Waals surface area (Å²) >= 11 is 0. The topological polar surface area (TPSA) is 47.0 Å². The second-order valence-corrected chi connectivity index (χ2v) is 5.03. The highest BCUT2D eigenvalue weighted by atomic mass is 16.5. The molecule has 4 nitrogen and oxygen atoms in total. The molecule has 2 heterocycles. The fourth-order valence-electron chi connectivity index (χ4n) is 1.79. The molecule has 4 heteroatoms. The monoisotopic (exact) mass is 271 g/mol. The van der Waals surface area contributed by atoms with Crippen molar-refractivity contribution < 1.29 is 4.74 Å². The molecule has 0 saturated carbocycles. The van der Waals surface area contributed by atoms with E-state index in [9.17, 15) is 0 Å². The van der Waals surface area contributed by atoms with Crippen molar-refractivity contribution in [1.82, 2.24) is 15.3 Å². The van der Waals surface area contributed by atoms with E-state index in [0.29, 0.717) is 12.6 Å². The first-order valence-corrected chi connectivity index (χ1v) is 6.88. The maximum atomic E-state index is 5.76. The molecular weight excluding hydrogens is 250 g/mol. The zero-order valence-electron chi connectivity index (χ0n) is 12.3. The van der Waals surface area contributed by atoms with Gasteiger partial charge in [0.25, 0.3) is 0 Å². The second kappa shape index (κ2) is 7.01. The molecule has 0 aliphatic heterocycles. The number of aromatic nitrogens is 2. The Morgan fingerprint density at radius 1 is 1.15 bits per heavy atom. The van der Waals surface area contributed by atoms with E-state index in [-0.39, 0.29) is 0 Å². The lowest BCUT2D eigenvalue weighted by molar-refractivity contribution is 0.297. The molecule has 106 valence electrons. The molecule has 0 bridgehead atoms. The molecule has 0 radical (unpaired) electrons. The molecule has 20 heavy (non-hydrogen) atoms. The van der Waals surface area contributed by atoms with Crippen molar-refractivity contribution in [2.75, 3.05) is 0 Å². The minimum atomic E-state index is 0.453. The van der Waals surface area contributed by atoms with Gasteiger partial charge >= 0.3 is 0 Å². The lowest BCUT2D eigenvalue weighted by Crippen LogP contribution is -2.22. The normalized spacial score (nSPS) is 10.8. The molecule has 0 saturated heterocycles. The van der Waals surface area contributed by atoms with E-state index in [0.717, 1.165) is 29.4 Å². The standard InChI is InChI=1S/C16H21N3O/c1-12(2)18-10-14-6-4-7-15(19-14)11-20-16-8-5-9-17-13(16)3/h4-9,12,18H,10-11H2,1-3H3. The number of nitrogens with zero attached hydrogens (tertiary/aromatic N) is 2. The summed E-state index contributed by atoms with van der Waals surface area (Å²) in [5.41, 5.74) is 2.85. The fraction of sp³-hybridized carbons (Fsp3) is 0.375. The van der Waals surface area contributed by atoms with Gasteiger partial charge in [-0.15, -0.1) is 0 Å². The molecule has 2 aromatic heterocycles. The van der Waals surface area contributed by atoms with Gasteiger partial charge < -0.3 is 10.1 Å². The Bertz CT molecular complexity index is 555. The van der Waals surface area contributed by atoms with Crippen LogP contribution in [0, 0.1) is 6.92 Å². The first-order chi connectivity index (χ1) is 9.65. The molecule has 0 aromatic carbocycles. The smallest absolute Gasteiger partial charge is 0.141 e. The Morgan fingerprint density at radius 3 is 2.70 bits per heavy atom. The third-order valence-corrected chi connectivity index (χ3v) is 2.89. The molecule has 0 aliphatic carbocycles. The Labute approximate surface area is 120 Å². The van der Waals surface area contributed by atoms with E-state index in [1.54, 1.807) is 6.20 Å². The van der Waals surface area contributed by atoms with Gasteiger partial charge in [-0.1, -0.05) is 19.9 Å². The van der Waals surface area contributed by atoms with Crippen LogP contribution in [0.1, 0.15) is 30.9 Å². The van der Waals surface area contributed by atoms with Gasteiger partial charge in [0, 0.05) is 18.8 Å². The van der Waals surface area contributed by atoms with Crippen molar-refractivity contribution >= 4 is 0 Å². The highest BCUT2D eigenvalue weighted by Crippen LogP contribution is 2.15. The van der Waals surface area contributed by atoms with Crippen molar-refractivity contribution in [3.63, 3.8) is 0 Å². The third kappa shape index (κ3) is 4.31. The number of pyridine rings is 2. The first kappa shape index (κ1) is 14.5. The zero-order valence-corrected chi connectivity index (χ0v) is 12.3. The van der Waals surface area contributed by atoms with Crippen LogP contribution in [-0.2, 0) is 13.2 Å². The summed E-state index contributed by atoms with van der Waals surface area (Å²) in [6, 6.07) is 10.3. The molecule has 2 aromatic rings. The number of nitrogens with one attached hydrogen (secondary N) is 1. The predicted molar refractivity (Wildman–Crippen MR) is 79.5 cm³/mol. The number of hydrogen-bond donors (Lipinski definition) is 1. The van der Waals surface area contributed by atoms with Crippen LogP contribution in [0.3, 0.4) is 0 Å². The molecule has 0 unspecified atom stereocenters. The molecule has 2 rings (SSSR count). The third-order valence-electron chi connectivity index (χ3n) is 2.89. The number of aryl methyl sites for hydroxylation is 1. The maximum absolute atomic E-state index is 5.76. The average Bonchev–Trinajstić information content (AvgIpc) is 2.45. The molecule has 0 aliphatic rings. The average molecular weight is 271 g/mol. The number of ether oxygens (including phenoxy) is 1. The summed E-state index contributed by atoms with van der Waals surface area (Å²) in [6.07, 6.45) is 1.76. The number of rotatable bonds is 6. The lowest BCUT2D eigenvalue weighted by atomic mass is 10.3. The summed E-state index contributed by atoms with van der Waals surface area (Å²) in [5, 5.41) is 3.36. The zero-order chi connectivity index (χ0) is 14.4. The van der Waals surface area contributed by atoms with E-state index in [1.165, 1.54) is 0 Å². The van der Waals surface area contributed by atoms with Crippen molar-refractivity contribution in [1.29, 1.82) is 0 Å². The highest BCUT2D eigenvalue weighted by molar-refractivity contribution is 5.25. The molecule has 1 N–H and O–H groups in total. The van der Waals surface area contributed by atoms with Gasteiger partial charge in [0.2, 0.25) is 0 Å². The van der Waals surface area contributed by atoms with E-state index in [1.807, 2.05) is 37.3 Å². The quantitative estimate of drug-likeness (QED) is 0.877. The van der Waals surface area contributed by atoms with E-state index in [4.69, 9.17) is 4.74 Å². The summed E-state index contributed by atoms with van der Waals surface area (Å²) in [6.45, 7) is 7.42. The summed E-state index contributed by atoms with van der Waals surface area (Å²) in [4.78, 5) is 8.78. The summed E-state index contributed by atoms with van der Waals surface area (Å²) in [7, 11) is 0. The molecule has 0 spiro atoms. The SMILES string of the molecule is Cc1ncccc1OCc1cccc(CNC(C)C)n1. The Hall–Kier alpha value is -1.94. The molecular formula is C16H21N3O. The highest BCUT2D eigenvalue weighted by Gasteiger charge is 2.02. The second-order valence-electron chi connectivity index (χ2n) is 5.03. The lowest BCUT2D eigenvalue weighted by Gasteiger charge is -2.10. The van der Waals surface area contributed by atoms with Gasteiger partial charge in [-0.05, 0) is 31.2 Å². The van der Waals surface area contributed by atoms with Crippen LogP contribution in [0.4, 0.5) is 0 Å². The Balaban J connectivity index is 1.96. The first-order valence-electron chi connectivity index (χ1n) is 6.88. The van der Waals surface area contributed by atoms with Crippen LogP contribution in [0.2, 0.25) is 0 Å². The van der Waals surface area contributed by atoms with E-state index in [2.05, 4.69) is 29.1 Å². The van der Waals surface area contributed by atoms with Gasteiger partial charge in [0.15, 0.2) is 0 Å². The van der Waals surface area contributed by atoms with Crippen LogP contribution in [0.15, 0.2) is 36.5 Å². The summed E-state index contributed by atoms with van der Waals surface area (Å²) in [5.74, 6) is 0.806. The van der Waals surface area contributed by atoms with E-state index < -0.39 is 0 Å². The minimum absolute atomic E-state index is 0.453. The largest absolute Gasteiger partial charge is 0.485 e. The van der Waals surface area contributed by atoms with Crippen LogP contribution in [-0.4, -0.2) is 16.0 Å². The van der Waals surface area contributed by atoms with Crippen molar-refractivity contribution in [2.24, 2.45) is 0 Å². The predicted octanol–water partition coefficient (Wildman–Crippen LogP) is 2.86. The van der Waals surface area contributed by atoms with Gasteiger partial charge in [0.1, 0.15) is 12.4 Å². The Kier molecular flexibility index (Phi) is 5.07. The Morgan fingerprint density at radius 2 is 1.95 bits per heavy atom. The van der Waals surface area contributed by atoms with Crippen LogP contribution in [0.5, 0.6) is 5.75 Å². The van der Waals surface area contributed by atoms with Crippen LogP contribution < -0.4 is 10.1 Å². The molecule has 0 fully saturated rings. The summed E-state index contributed by atoms with van der Waals surface area (Å²) < 4.78 is 5.76. The van der Waals surface area contributed by atoms with Crippen molar-refractivity contribution in [3.8, 4) is 5.75 Å². The van der Waals surface area contributed by atoms with E-state index >= 15 is 0 Å². The van der Waals surface area contributed by atoms with Crippen molar-refractivity contribution in [2.45, 2.75) is 40.0 Å².